The molecule has 0 aromatic heterocycles. The number of benzene rings is 2. The van der Waals surface area contributed by atoms with Crippen LogP contribution in [0.3, 0.4) is 0 Å². The third-order valence-corrected chi connectivity index (χ3v) is 6.20. The van der Waals surface area contributed by atoms with Crippen molar-refractivity contribution >= 4 is 21.6 Å². The molecule has 1 heterocycles. The van der Waals surface area contributed by atoms with Crippen LogP contribution in [0.25, 0.3) is 0 Å². The highest BCUT2D eigenvalue weighted by molar-refractivity contribution is 7.89. The number of anilines is 1. The van der Waals surface area contributed by atoms with Gasteiger partial charge in [-0.1, -0.05) is 6.07 Å². The fourth-order valence-electron chi connectivity index (χ4n) is 2.97. The van der Waals surface area contributed by atoms with Gasteiger partial charge in [-0.3, -0.25) is 4.79 Å². The number of rotatable bonds is 6. The molecule has 27 heavy (non-hydrogen) atoms. The molecule has 1 N–H and O–H groups in total. The van der Waals surface area contributed by atoms with Crippen molar-refractivity contribution in [2.24, 2.45) is 0 Å². The largest absolute Gasteiger partial charge is 0.491 e. The zero-order valence-corrected chi connectivity index (χ0v) is 16.3. The summed E-state index contributed by atoms with van der Waals surface area (Å²) in [7, 11) is -3.45. The van der Waals surface area contributed by atoms with Crippen molar-refractivity contribution < 1.29 is 17.9 Å². The Morgan fingerprint density at radius 1 is 1.07 bits per heavy atom. The summed E-state index contributed by atoms with van der Waals surface area (Å²) in [5, 5.41) is 2.78. The van der Waals surface area contributed by atoms with Gasteiger partial charge in [-0.15, -0.1) is 0 Å². The van der Waals surface area contributed by atoms with E-state index >= 15 is 0 Å². The average molecular weight is 388 g/mol. The maximum atomic E-state index is 12.5. The molecule has 0 atom stereocenters. The van der Waals surface area contributed by atoms with Crippen molar-refractivity contribution in [3.63, 3.8) is 0 Å². The molecule has 0 aliphatic carbocycles. The lowest BCUT2D eigenvalue weighted by Crippen LogP contribution is -2.27. The molecule has 3 rings (SSSR count). The normalized spacial score (nSPS) is 15.1. The Morgan fingerprint density at radius 3 is 2.37 bits per heavy atom. The Morgan fingerprint density at radius 2 is 1.74 bits per heavy atom. The third-order valence-electron chi connectivity index (χ3n) is 4.28. The van der Waals surface area contributed by atoms with Gasteiger partial charge >= 0.3 is 0 Å². The number of ether oxygens (including phenoxy) is 1. The van der Waals surface area contributed by atoms with Crippen molar-refractivity contribution in [2.75, 3.05) is 18.4 Å². The van der Waals surface area contributed by atoms with Crippen LogP contribution < -0.4 is 10.1 Å². The van der Waals surface area contributed by atoms with Gasteiger partial charge in [-0.05, 0) is 69.2 Å². The summed E-state index contributed by atoms with van der Waals surface area (Å²) in [6.45, 7) is 4.97. The Labute approximate surface area is 160 Å². The highest BCUT2D eigenvalue weighted by Gasteiger charge is 2.26. The first-order chi connectivity index (χ1) is 12.9. The molecule has 144 valence electrons. The quantitative estimate of drug-likeness (QED) is 0.822. The second kappa shape index (κ2) is 8.10. The molecule has 1 aliphatic rings. The number of amides is 1. The van der Waals surface area contributed by atoms with Gasteiger partial charge in [-0.2, -0.15) is 4.31 Å². The minimum atomic E-state index is -3.45. The predicted molar refractivity (Wildman–Crippen MR) is 105 cm³/mol. The van der Waals surface area contributed by atoms with E-state index in [1.54, 1.807) is 36.4 Å². The molecule has 1 amide bonds. The highest BCUT2D eigenvalue weighted by Crippen LogP contribution is 2.23. The summed E-state index contributed by atoms with van der Waals surface area (Å²) < 4.78 is 32.2. The Hall–Kier alpha value is -2.38. The molecule has 0 bridgehead atoms. The maximum Gasteiger partial charge on any atom is 0.255 e. The summed E-state index contributed by atoms with van der Waals surface area (Å²) in [5.74, 6) is 0.351. The number of carbonyl (C=O) groups excluding carboxylic acids is 1. The lowest BCUT2D eigenvalue weighted by Gasteiger charge is -2.15. The van der Waals surface area contributed by atoms with Crippen LogP contribution in [0.15, 0.2) is 53.4 Å². The first-order valence-corrected chi connectivity index (χ1v) is 10.5. The van der Waals surface area contributed by atoms with Gasteiger partial charge in [-0.25, -0.2) is 8.42 Å². The van der Waals surface area contributed by atoms with E-state index in [2.05, 4.69) is 5.32 Å². The van der Waals surface area contributed by atoms with Crippen LogP contribution in [0, 0.1) is 0 Å². The van der Waals surface area contributed by atoms with Crippen LogP contribution in [0.2, 0.25) is 0 Å². The number of carbonyl (C=O) groups is 1. The van der Waals surface area contributed by atoms with Crippen molar-refractivity contribution in [1.82, 2.24) is 4.31 Å². The number of hydrogen-bond acceptors (Lipinski definition) is 4. The Balaban J connectivity index is 1.70. The van der Waals surface area contributed by atoms with E-state index in [1.165, 1.54) is 16.4 Å². The fourth-order valence-corrected chi connectivity index (χ4v) is 4.49. The molecule has 0 unspecified atom stereocenters. The highest BCUT2D eigenvalue weighted by atomic mass is 32.2. The van der Waals surface area contributed by atoms with Gasteiger partial charge in [0.25, 0.3) is 5.91 Å². The average Bonchev–Trinajstić information content (AvgIpc) is 3.17. The molecule has 2 aromatic carbocycles. The number of nitrogens with one attached hydrogen (secondary N) is 1. The molecule has 1 saturated heterocycles. The van der Waals surface area contributed by atoms with Gasteiger partial charge in [0.15, 0.2) is 0 Å². The molecule has 0 radical (unpaired) electrons. The van der Waals surface area contributed by atoms with Crippen LogP contribution in [0.5, 0.6) is 5.75 Å². The molecule has 0 spiro atoms. The molecule has 0 saturated carbocycles. The summed E-state index contributed by atoms with van der Waals surface area (Å²) in [6, 6.07) is 13.2. The van der Waals surface area contributed by atoms with Crippen LogP contribution in [-0.2, 0) is 10.0 Å². The van der Waals surface area contributed by atoms with E-state index in [9.17, 15) is 13.2 Å². The van der Waals surface area contributed by atoms with E-state index in [-0.39, 0.29) is 16.9 Å². The summed E-state index contributed by atoms with van der Waals surface area (Å²) in [5.41, 5.74) is 1.01. The van der Waals surface area contributed by atoms with E-state index in [0.717, 1.165) is 12.8 Å². The van der Waals surface area contributed by atoms with Gasteiger partial charge in [0.2, 0.25) is 10.0 Å². The van der Waals surface area contributed by atoms with E-state index in [0.29, 0.717) is 30.1 Å². The number of nitrogens with zero attached hydrogens (tertiary/aromatic N) is 1. The maximum absolute atomic E-state index is 12.5. The van der Waals surface area contributed by atoms with Crippen LogP contribution in [0.4, 0.5) is 5.69 Å². The summed E-state index contributed by atoms with van der Waals surface area (Å²) >= 11 is 0. The molecule has 1 aliphatic heterocycles. The molecular formula is C20H24N2O4S. The first-order valence-electron chi connectivity index (χ1n) is 9.04. The number of sulfonamides is 1. The topological polar surface area (TPSA) is 75.7 Å². The minimum Gasteiger partial charge on any atom is -0.491 e. The molecule has 1 fully saturated rings. The van der Waals surface area contributed by atoms with Crippen LogP contribution >= 0.6 is 0 Å². The Kier molecular flexibility index (Phi) is 5.82. The second-order valence-electron chi connectivity index (χ2n) is 6.78. The van der Waals surface area contributed by atoms with Gasteiger partial charge in [0.1, 0.15) is 5.75 Å². The van der Waals surface area contributed by atoms with Gasteiger partial charge < -0.3 is 10.1 Å². The van der Waals surface area contributed by atoms with Gasteiger partial charge in [0, 0.05) is 24.3 Å². The van der Waals surface area contributed by atoms with E-state index in [4.69, 9.17) is 4.74 Å². The van der Waals surface area contributed by atoms with Crippen molar-refractivity contribution in [1.29, 1.82) is 0 Å². The number of hydrogen-bond donors (Lipinski definition) is 1. The SMILES string of the molecule is CC(C)Oc1cccc(C(=O)Nc2ccc(S(=O)(=O)N3CCCC3)cc2)c1. The van der Waals surface area contributed by atoms with E-state index in [1.807, 2.05) is 13.8 Å². The Bertz CT molecular complexity index is 902. The van der Waals surface area contributed by atoms with Crippen molar-refractivity contribution in [3.05, 3.63) is 54.1 Å². The molecule has 6 nitrogen and oxygen atoms in total. The smallest absolute Gasteiger partial charge is 0.255 e. The van der Waals surface area contributed by atoms with Crippen LogP contribution in [0.1, 0.15) is 37.0 Å². The predicted octanol–water partition coefficient (Wildman–Crippen LogP) is 3.51. The summed E-state index contributed by atoms with van der Waals surface area (Å²) in [4.78, 5) is 12.7. The first kappa shape index (κ1) is 19.4. The van der Waals surface area contributed by atoms with E-state index < -0.39 is 10.0 Å². The van der Waals surface area contributed by atoms with Crippen LogP contribution in [-0.4, -0.2) is 37.8 Å². The third kappa shape index (κ3) is 4.67. The standard InChI is InChI=1S/C20H24N2O4S/c1-15(2)26-18-7-5-6-16(14-18)20(23)21-17-8-10-19(11-9-17)27(24,25)22-12-3-4-13-22/h5-11,14-15H,3-4,12-13H2,1-2H3,(H,21,23). The summed E-state index contributed by atoms with van der Waals surface area (Å²) in [6.07, 6.45) is 1.81. The zero-order valence-electron chi connectivity index (χ0n) is 15.5. The van der Waals surface area contributed by atoms with Gasteiger partial charge in [0.05, 0.1) is 11.0 Å². The van der Waals surface area contributed by atoms with Crippen molar-refractivity contribution in [2.45, 2.75) is 37.7 Å². The lowest BCUT2D eigenvalue weighted by atomic mass is 10.2. The zero-order chi connectivity index (χ0) is 19.4. The fraction of sp³-hybridized carbons (Fsp3) is 0.350. The minimum absolute atomic E-state index is 0.0217. The monoisotopic (exact) mass is 388 g/mol. The second-order valence-corrected chi connectivity index (χ2v) is 8.72. The molecule has 7 heteroatoms. The molecule has 2 aromatic rings. The molecular weight excluding hydrogens is 364 g/mol. The lowest BCUT2D eigenvalue weighted by molar-refractivity contribution is 0.102. The van der Waals surface area contributed by atoms with Crippen molar-refractivity contribution in [3.8, 4) is 5.75 Å².